The molecule has 14 heteroatoms. The molecule has 0 saturated heterocycles. The van der Waals surface area contributed by atoms with E-state index < -0.39 is 18.2 Å². The Morgan fingerprint density at radius 2 is 1.35 bits per heavy atom. The Labute approximate surface area is 418 Å². The SMILES string of the molecule is C#C.CC.CCC.CCCN(Cc1nc2c(ccc3cc(-c4ccc(-c5cnc(CN(CCC)C(=O)[C@H](NC(=O)OC)c6ccccc6)[nH]5)cc4C#Cc4ccccc4)ccc32)[nH]1)C(=O)CNC(=O)OC. The number of benzene rings is 5. The average molecular weight is 959 g/mol. The van der Waals surface area contributed by atoms with Crippen molar-refractivity contribution < 1.29 is 28.7 Å². The molecule has 0 unspecified atom stereocenters. The summed E-state index contributed by atoms with van der Waals surface area (Å²) in [6.45, 7) is 13.5. The monoisotopic (exact) mass is 959 g/mol. The van der Waals surface area contributed by atoms with Crippen molar-refractivity contribution in [2.24, 2.45) is 0 Å². The third-order valence-electron chi connectivity index (χ3n) is 10.6. The van der Waals surface area contributed by atoms with Crippen molar-refractivity contribution in [3.63, 3.8) is 0 Å². The summed E-state index contributed by atoms with van der Waals surface area (Å²) in [5.41, 5.74) is 7.51. The van der Waals surface area contributed by atoms with Gasteiger partial charge in [0, 0.05) is 35.2 Å². The molecule has 0 spiro atoms. The quantitative estimate of drug-likeness (QED) is 0.0735. The van der Waals surface area contributed by atoms with E-state index in [0.29, 0.717) is 36.7 Å². The number of aromatic nitrogens is 4. The number of H-pyrrole nitrogens is 2. The van der Waals surface area contributed by atoms with Crippen LogP contribution in [0.4, 0.5) is 9.59 Å². The second kappa shape index (κ2) is 28.8. The number of carbonyl (C=O) groups is 4. The third-order valence-corrected chi connectivity index (χ3v) is 10.6. The molecule has 0 aliphatic carbocycles. The molecule has 14 nitrogen and oxygen atoms in total. The number of imidazole rings is 2. The van der Waals surface area contributed by atoms with E-state index in [2.05, 4.69) is 93.1 Å². The van der Waals surface area contributed by atoms with Crippen LogP contribution in [0, 0.1) is 24.7 Å². The molecule has 7 rings (SSSR count). The zero-order chi connectivity index (χ0) is 51.7. The highest BCUT2D eigenvalue weighted by Gasteiger charge is 2.28. The van der Waals surface area contributed by atoms with Crippen LogP contribution in [0.2, 0.25) is 0 Å². The second-order valence-corrected chi connectivity index (χ2v) is 15.8. The van der Waals surface area contributed by atoms with Crippen LogP contribution < -0.4 is 10.6 Å². The van der Waals surface area contributed by atoms with Crippen LogP contribution in [0.25, 0.3) is 44.2 Å². The lowest BCUT2D eigenvalue weighted by Crippen LogP contribution is -2.43. The van der Waals surface area contributed by atoms with E-state index in [-0.39, 0.29) is 31.4 Å². The van der Waals surface area contributed by atoms with Crippen LogP contribution >= 0.6 is 0 Å². The number of nitrogens with one attached hydrogen (secondary N) is 4. The lowest BCUT2D eigenvalue weighted by Gasteiger charge is -2.27. The molecular formula is C57H66N8O6. The summed E-state index contributed by atoms with van der Waals surface area (Å²) >= 11 is 0. The predicted molar refractivity (Wildman–Crippen MR) is 283 cm³/mol. The summed E-state index contributed by atoms with van der Waals surface area (Å²) in [5.74, 6) is 7.48. The number of amides is 4. The number of ether oxygens (including phenoxy) is 2. The number of rotatable bonds is 15. The summed E-state index contributed by atoms with van der Waals surface area (Å²) in [4.78, 5) is 70.6. The minimum Gasteiger partial charge on any atom is -0.453 e. The van der Waals surface area contributed by atoms with Gasteiger partial charge in [0.1, 0.15) is 24.2 Å². The number of hydrogen-bond donors (Lipinski definition) is 4. The summed E-state index contributed by atoms with van der Waals surface area (Å²) < 4.78 is 9.46. The van der Waals surface area contributed by atoms with Crippen molar-refractivity contribution in [2.75, 3.05) is 33.9 Å². The summed E-state index contributed by atoms with van der Waals surface area (Å²) in [6, 6.07) is 34.4. The Hall–Kier alpha value is -8.36. The van der Waals surface area contributed by atoms with Crippen LogP contribution in [-0.2, 0) is 32.2 Å². The Bertz CT molecular complexity index is 2900. The van der Waals surface area contributed by atoms with Gasteiger partial charge in [-0.05, 0) is 65.3 Å². The molecule has 4 amide bonds. The van der Waals surface area contributed by atoms with Crippen molar-refractivity contribution in [2.45, 2.75) is 79.9 Å². The molecule has 0 aliphatic heterocycles. The van der Waals surface area contributed by atoms with Gasteiger partial charge in [0.15, 0.2) is 0 Å². The van der Waals surface area contributed by atoms with Gasteiger partial charge in [-0.15, -0.1) is 12.8 Å². The van der Waals surface area contributed by atoms with Crippen molar-refractivity contribution in [3.05, 3.63) is 144 Å². The van der Waals surface area contributed by atoms with E-state index in [1.807, 2.05) is 100 Å². The molecule has 2 aromatic heterocycles. The number of nitrogens with zero attached hydrogens (tertiary/aromatic N) is 4. The lowest BCUT2D eigenvalue weighted by molar-refractivity contribution is -0.134. The first kappa shape index (κ1) is 55.2. The summed E-state index contributed by atoms with van der Waals surface area (Å²) in [5, 5.41) is 7.10. The largest absolute Gasteiger partial charge is 0.453 e. The highest BCUT2D eigenvalue weighted by Crippen LogP contribution is 2.33. The number of methoxy groups -OCH3 is 2. The summed E-state index contributed by atoms with van der Waals surface area (Å²) in [6.07, 6.45) is 11.1. The van der Waals surface area contributed by atoms with E-state index in [1.54, 1.807) is 28.1 Å². The van der Waals surface area contributed by atoms with Gasteiger partial charge in [-0.1, -0.05) is 139 Å². The minimum atomic E-state index is -0.937. The fraction of sp³-hybridized carbons (Fsp3) is 0.298. The van der Waals surface area contributed by atoms with Crippen LogP contribution in [0.1, 0.15) is 95.2 Å². The Morgan fingerprint density at radius 1 is 0.718 bits per heavy atom. The van der Waals surface area contributed by atoms with Gasteiger partial charge in [0.25, 0.3) is 0 Å². The molecule has 2 heterocycles. The normalized spacial score (nSPS) is 10.6. The standard InChI is InChI=1S/C50H50N8O6.C3H8.C2H6.C2H2/c1-5-25-57(45(59)30-52-49(61)63-3)32-44-53-41-24-21-37-27-36(19-23-40(37)47(41)55-44)39-22-20-38(28-35(39)18-17-33-13-9-7-10-14-33)42-29-51-43(54-42)31-58(26-6-2)48(60)46(56-50(62)64-4)34-15-11-8-12-16-34;1-3-2;2*1-2/h7-16,19-24,27-29,46H,5-6,25-26,30-32H2,1-4H3,(H,51,54)(H,52,61)(H,53,55)(H,56,62);3H2,1-2H3;1-2H3;1-2H/t46-;;;/m1.../s1. The molecule has 0 radical (unpaired) electrons. The van der Waals surface area contributed by atoms with Gasteiger partial charge in [0.2, 0.25) is 11.8 Å². The molecule has 71 heavy (non-hydrogen) atoms. The molecule has 0 aliphatic rings. The maximum Gasteiger partial charge on any atom is 0.407 e. The molecule has 0 bridgehead atoms. The molecular weight excluding hydrogens is 893 g/mol. The van der Waals surface area contributed by atoms with Gasteiger partial charge >= 0.3 is 12.2 Å². The number of aromatic amines is 2. The lowest BCUT2D eigenvalue weighted by atomic mass is 9.94. The molecule has 0 fully saturated rings. The van der Waals surface area contributed by atoms with Crippen LogP contribution in [-0.4, -0.2) is 87.6 Å². The average Bonchev–Trinajstić information content (AvgIpc) is 4.07. The van der Waals surface area contributed by atoms with Crippen molar-refractivity contribution in [1.82, 2.24) is 40.4 Å². The number of hydrogen-bond acceptors (Lipinski definition) is 8. The molecule has 0 saturated carbocycles. The van der Waals surface area contributed by atoms with Crippen LogP contribution in [0.15, 0.2) is 115 Å². The Kier molecular flexibility index (Phi) is 22.4. The number of alkyl carbamates (subject to hydrolysis) is 2. The first-order valence-electron chi connectivity index (χ1n) is 23.9. The predicted octanol–water partition coefficient (Wildman–Crippen LogP) is 10.8. The van der Waals surface area contributed by atoms with Crippen LogP contribution in [0.3, 0.4) is 0 Å². The van der Waals surface area contributed by atoms with E-state index in [4.69, 9.17) is 9.72 Å². The highest BCUT2D eigenvalue weighted by atomic mass is 16.5. The van der Waals surface area contributed by atoms with Crippen molar-refractivity contribution in [1.29, 1.82) is 0 Å². The van der Waals surface area contributed by atoms with E-state index >= 15 is 0 Å². The fourth-order valence-corrected chi connectivity index (χ4v) is 7.50. The second-order valence-electron chi connectivity index (χ2n) is 15.8. The highest BCUT2D eigenvalue weighted by molar-refractivity contribution is 6.05. The molecule has 7 aromatic rings. The zero-order valence-corrected chi connectivity index (χ0v) is 42.1. The van der Waals surface area contributed by atoms with Gasteiger partial charge in [0.05, 0.1) is 50.2 Å². The Morgan fingerprint density at radius 3 is 2.01 bits per heavy atom. The fourth-order valence-electron chi connectivity index (χ4n) is 7.50. The number of fused-ring (bicyclic) bond motifs is 3. The Balaban J connectivity index is 0.00000149. The molecule has 5 aromatic carbocycles. The first-order chi connectivity index (χ1) is 34.6. The van der Waals surface area contributed by atoms with Crippen molar-refractivity contribution >= 4 is 45.8 Å². The minimum absolute atomic E-state index is 0.172. The van der Waals surface area contributed by atoms with Gasteiger partial charge < -0.3 is 39.9 Å². The molecule has 4 N–H and O–H groups in total. The van der Waals surface area contributed by atoms with Gasteiger partial charge in [-0.25, -0.2) is 19.6 Å². The smallest absolute Gasteiger partial charge is 0.407 e. The van der Waals surface area contributed by atoms with Crippen molar-refractivity contribution in [3.8, 4) is 47.1 Å². The number of terminal acetylenes is 1. The van der Waals surface area contributed by atoms with E-state index in [0.717, 1.165) is 61.7 Å². The van der Waals surface area contributed by atoms with E-state index in [1.165, 1.54) is 20.6 Å². The molecule has 1 atom stereocenters. The van der Waals surface area contributed by atoms with E-state index in [9.17, 15) is 19.2 Å². The summed E-state index contributed by atoms with van der Waals surface area (Å²) in [7, 11) is 2.52. The first-order valence-corrected chi connectivity index (χ1v) is 23.9. The van der Waals surface area contributed by atoms with Crippen LogP contribution in [0.5, 0.6) is 0 Å². The van der Waals surface area contributed by atoms with Gasteiger partial charge in [-0.2, -0.15) is 0 Å². The maximum atomic E-state index is 14.0. The molecule has 370 valence electrons. The zero-order valence-electron chi connectivity index (χ0n) is 42.1. The third kappa shape index (κ3) is 15.3. The topological polar surface area (TPSA) is 175 Å². The maximum absolute atomic E-state index is 14.0. The number of carbonyl (C=O) groups excluding carboxylic acids is 4. The van der Waals surface area contributed by atoms with Gasteiger partial charge in [-0.3, -0.25) is 9.59 Å².